The zero-order chi connectivity index (χ0) is 10.6. The monoisotopic (exact) mass is 194 g/mol. The highest BCUT2D eigenvalue weighted by Crippen LogP contribution is 2.20. The van der Waals surface area contributed by atoms with Crippen molar-refractivity contribution in [3.05, 3.63) is 47.0 Å². The zero-order valence-electron chi connectivity index (χ0n) is 8.55. The predicted molar refractivity (Wildman–Crippen MR) is 55.9 cm³/mol. The van der Waals surface area contributed by atoms with Gasteiger partial charge in [0.2, 0.25) is 0 Å². The summed E-state index contributed by atoms with van der Waals surface area (Å²) in [5.74, 6) is 0.178. The van der Waals surface area contributed by atoms with E-state index in [1.807, 2.05) is 13.8 Å². The van der Waals surface area contributed by atoms with Crippen molar-refractivity contribution in [2.75, 3.05) is 0 Å². The van der Waals surface area contributed by atoms with E-state index in [0.717, 1.165) is 11.1 Å². The molecule has 0 atom stereocenters. The molecule has 0 bridgehead atoms. The molecule has 0 unspecified atom stereocenters. The van der Waals surface area contributed by atoms with Gasteiger partial charge in [-0.1, -0.05) is 19.9 Å². The molecule has 0 aromatic heterocycles. The van der Waals surface area contributed by atoms with Crippen LogP contribution in [0.5, 0.6) is 0 Å². The van der Waals surface area contributed by atoms with Crippen LogP contribution in [-0.2, 0) is 12.8 Å². The molecule has 0 fully saturated rings. The number of hydrogen-bond acceptors (Lipinski definition) is 1. The molecule has 1 aliphatic carbocycles. The van der Waals surface area contributed by atoms with Crippen LogP contribution in [0.1, 0.15) is 25.0 Å². The second-order valence-corrected chi connectivity index (χ2v) is 2.99. The molecule has 0 radical (unpaired) electrons. The summed E-state index contributed by atoms with van der Waals surface area (Å²) >= 11 is 0. The van der Waals surface area contributed by atoms with E-state index in [9.17, 15) is 9.50 Å². The van der Waals surface area contributed by atoms with E-state index in [4.69, 9.17) is 0 Å². The van der Waals surface area contributed by atoms with Crippen LogP contribution in [0.2, 0.25) is 0 Å². The van der Waals surface area contributed by atoms with Gasteiger partial charge >= 0.3 is 0 Å². The van der Waals surface area contributed by atoms with Crippen LogP contribution < -0.4 is 0 Å². The number of fused-ring (bicyclic) bond motifs is 1. The van der Waals surface area contributed by atoms with E-state index in [1.165, 1.54) is 12.1 Å². The Morgan fingerprint density at radius 2 is 1.93 bits per heavy atom. The summed E-state index contributed by atoms with van der Waals surface area (Å²) in [5.41, 5.74) is 2.00. The molecule has 0 amide bonds. The second-order valence-electron chi connectivity index (χ2n) is 2.99. The molecule has 1 aromatic carbocycles. The highest BCUT2D eigenvalue weighted by molar-refractivity contribution is 5.35. The maximum Gasteiger partial charge on any atom is 0.123 e. The third-order valence-electron chi connectivity index (χ3n) is 2.10. The van der Waals surface area contributed by atoms with Gasteiger partial charge in [0, 0.05) is 6.42 Å². The average molecular weight is 194 g/mol. The molecular formula is C12H15FO. The molecule has 0 heterocycles. The Morgan fingerprint density at radius 1 is 1.21 bits per heavy atom. The summed E-state index contributed by atoms with van der Waals surface area (Å²) in [6.07, 6.45) is 2.90. The topological polar surface area (TPSA) is 20.2 Å². The number of aliphatic hydroxyl groups excluding tert-OH is 1. The van der Waals surface area contributed by atoms with Gasteiger partial charge in [-0.05, 0) is 35.8 Å². The van der Waals surface area contributed by atoms with E-state index in [1.54, 1.807) is 12.1 Å². The Kier molecular flexibility index (Phi) is 3.69. The van der Waals surface area contributed by atoms with Crippen molar-refractivity contribution in [1.82, 2.24) is 0 Å². The van der Waals surface area contributed by atoms with Gasteiger partial charge in [-0.25, -0.2) is 4.39 Å². The largest absolute Gasteiger partial charge is 0.512 e. The fourth-order valence-corrected chi connectivity index (χ4v) is 1.45. The molecule has 2 heteroatoms. The molecule has 76 valence electrons. The van der Waals surface area contributed by atoms with Crippen molar-refractivity contribution < 1.29 is 9.50 Å². The van der Waals surface area contributed by atoms with E-state index in [0.29, 0.717) is 18.6 Å². The van der Waals surface area contributed by atoms with Gasteiger partial charge in [-0.3, -0.25) is 0 Å². The van der Waals surface area contributed by atoms with Gasteiger partial charge < -0.3 is 5.11 Å². The van der Waals surface area contributed by atoms with Gasteiger partial charge in [-0.15, -0.1) is 0 Å². The summed E-state index contributed by atoms with van der Waals surface area (Å²) in [6.45, 7) is 4.00. The standard InChI is InChI=1S/C10H9FO.C2H6/c11-9-3-1-8-6-10(12)4-2-7(8)5-9;1-2/h1,3-5,12H,2,6H2;1-2H3. The van der Waals surface area contributed by atoms with E-state index in [2.05, 4.69) is 0 Å². The first-order valence-electron chi connectivity index (χ1n) is 4.91. The summed E-state index contributed by atoms with van der Waals surface area (Å²) < 4.78 is 12.7. The van der Waals surface area contributed by atoms with Gasteiger partial charge in [-0.2, -0.15) is 0 Å². The Morgan fingerprint density at radius 3 is 2.64 bits per heavy atom. The van der Waals surface area contributed by atoms with E-state index in [-0.39, 0.29) is 5.82 Å². The number of rotatable bonds is 0. The molecule has 0 spiro atoms. The Bertz CT molecular complexity index is 342. The molecule has 1 N–H and O–H groups in total. The molecule has 1 aromatic rings. The van der Waals surface area contributed by atoms with Crippen molar-refractivity contribution >= 4 is 0 Å². The lowest BCUT2D eigenvalue weighted by Crippen LogP contribution is -2.02. The number of hydrogen-bond donors (Lipinski definition) is 1. The van der Waals surface area contributed by atoms with Crippen LogP contribution in [0.25, 0.3) is 0 Å². The van der Waals surface area contributed by atoms with Crippen molar-refractivity contribution in [2.45, 2.75) is 26.7 Å². The number of aliphatic hydroxyl groups is 1. The molecule has 1 nitrogen and oxygen atoms in total. The SMILES string of the molecule is CC.OC1=CCc2cc(F)ccc2C1. The lowest BCUT2D eigenvalue weighted by atomic mass is 9.96. The van der Waals surface area contributed by atoms with Crippen molar-refractivity contribution in [2.24, 2.45) is 0 Å². The maximum absolute atomic E-state index is 12.7. The minimum absolute atomic E-state index is 0.205. The Hall–Kier alpha value is -1.31. The van der Waals surface area contributed by atoms with Gasteiger partial charge in [0.1, 0.15) is 5.82 Å². The Labute approximate surface area is 83.9 Å². The molecule has 0 saturated heterocycles. The first-order chi connectivity index (χ1) is 6.75. The first-order valence-corrected chi connectivity index (χ1v) is 4.91. The highest BCUT2D eigenvalue weighted by Gasteiger charge is 2.09. The highest BCUT2D eigenvalue weighted by atomic mass is 19.1. The number of halogens is 1. The zero-order valence-corrected chi connectivity index (χ0v) is 8.55. The quantitative estimate of drug-likeness (QED) is 0.671. The van der Waals surface area contributed by atoms with E-state index >= 15 is 0 Å². The third-order valence-corrected chi connectivity index (χ3v) is 2.10. The lowest BCUT2D eigenvalue weighted by molar-refractivity contribution is 0.393. The second kappa shape index (κ2) is 4.80. The smallest absolute Gasteiger partial charge is 0.123 e. The van der Waals surface area contributed by atoms with Crippen molar-refractivity contribution in [1.29, 1.82) is 0 Å². The predicted octanol–water partition coefficient (Wildman–Crippen LogP) is 3.39. The fraction of sp³-hybridized carbons (Fsp3) is 0.333. The minimum Gasteiger partial charge on any atom is -0.512 e. The molecule has 14 heavy (non-hydrogen) atoms. The molecular weight excluding hydrogens is 179 g/mol. The summed E-state index contributed by atoms with van der Waals surface area (Å²) in [6, 6.07) is 4.68. The Balaban J connectivity index is 0.000000461. The summed E-state index contributed by atoms with van der Waals surface area (Å²) in [7, 11) is 0. The fourth-order valence-electron chi connectivity index (χ4n) is 1.45. The van der Waals surface area contributed by atoms with Gasteiger partial charge in [0.05, 0.1) is 5.76 Å². The summed E-state index contributed by atoms with van der Waals surface area (Å²) in [4.78, 5) is 0. The lowest BCUT2D eigenvalue weighted by Gasteiger charge is -2.12. The normalized spacial score (nSPS) is 13.5. The molecule has 1 aliphatic rings. The minimum atomic E-state index is -0.205. The van der Waals surface area contributed by atoms with E-state index < -0.39 is 0 Å². The molecule has 2 rings (SSSR count). The van der Waals surface area contributed by atoms with Crippen LogP contribution in [0.15, 0.2) is 30.0 Å². The average Bonchev–Trinajstić information content (AvgIpc) is 2.21. The first kappa shape index (κ1) is 10.8. The molecule has 0 saturated carbocycles. The number of allylic oxidation sites excluding steroid dienone is 2. The molecule has 0 aliphatic heterocycles. The van der Waals surface area contributed by atoms with Crippen LogP contribution in [0.3, 0.4) is 0 Å². The van der Waals surface area contributed by atoms with Crippen LogP contribution in [0.4, 0.5) is 4.39 Å². The van der Waals surface area contributed by atoms with Crippen LogP contribution in [-0.4, -0.2) is 5.11 Å². The van der Waals surface area contributed by atoms with Crippen molar-refractivity contribution in [3.63, 3.8) is 0 Å². The third kappa shape index (κ3) is 2.34. The maximum atomic E-state index is 12.7. The van der Waals surface area contributed by atoms with Crippen molar-refractivity contribution in [3.8, 4) is 0 Å². The van der Waals surface area contributed by atoms with Crippen LogP contribution in [0, 0.1) is 5.82 Å². The van der Waals surface area contributed by atoms with Gasteiger partial charge in [0.15, 0.2) is 0 Å². The van der Waals surface area contributed by atoms with Crippen LogP contribution >= 0.6 is 0 Å². The van der Waals surface area contributed by atoms with Gasteiger partial charge in [0.25, 0.3) is 0 Å². The number of benzene rings is 1. The summed E-state index contributed by atoms with van der Waals surface area (Å²) in [5, 5.41) is 9.19.